The topological polar surface area (TPSA) is 12.0 Å². The number of benzene rings is 3. The molecule has 1 N–H and O–H groups in total. The average molecular weight is 371 g/mol. The summed E-state index contributed by atoms with van der Waals surface area (Å²) in [5.41, 5.74) is 3.80. The number of nitrogens with one attached hydrogen (secondary N) is 1. The van der Waals surface area contributed by atoms with Crippen LogP contribution in [0.3, 0.4) is 0 Å². The number of hydrogen-bond donors (Lipinski definition) is 1. The van der Waals surface area contributed by atoms with E-state index in [0.29, 0.717) is 11.8 Å². The zero-order valence-corrected chi connectivity index (χ0v) is 15.7. The number of fused-ring (bicyclic) bond motifs is 1. The van der Waals surface area contributed by atoms with E-state index in [2.05, 4.69) is 37.4 Å². The van der Waals surface area contributed by atoms with Crippen LogP contribution in [0.2, 0.25) is 0 Å². The molecule has 0 saturated heterocycles. The van der Waals surface area contributed by atoms with E-state index in [9.17, 15) is 13.2 Å². The molecule has 3 aromatic carbocycles. The Morgan fingerprint density at radius 3 is 2.37 bits per heavy atom. The number of rotatable bonds is 6. The van der Waals surface area contributed by atoms with E-state index in [-0.39, 0.29) is 0 Å². The minimum atomic E-state index is -4.32. The lowest BCUT2D eigenvalue weighted by atomic mass is 9.97. The van der Waals surface area contributed by atoms with Crippen LogP contribution >= 0.6 is 0 Å². The van der Waals surface area contributed by atoms with Crippen LogP contribution in [0.15, 0.2) is 54.6 Å². The average Bonchev–Trinajstić information content (AvgIpc) is 2.63. The van der Waals surface area contributed by atoms with Gasteiger partial charge in [-0.25, -0.2) is 0 Å². The highest BCUT2D eigenvalue weighted by Gasteiger charge is 2.31. The first kappa shape index (κ1) is 19.3. The smallest absolute Gasteiger partial charge is 0.385 e. The van der Waals surface area contributed by atoms with Crippen molar-refractivity contribution in [3.63, 3.8) is 0 Å². The molecule has 3 rings (SSSR count). The Kier molecular flexibility index (Phi) is 5.73. The molecule has 0 radical (unpaired) electrons. The molecule has 0 unspecified atom stereocenters. The van der Waals surface area contributed by atoms with Gasteiger partial charge in [-0.1, -0.05) is 30.3 Å². The third-order valence-electron chi connectivity index (χ3n) is 4.98. The van der Waals surface area contributed by atoms with Gasteiger partial charge in [-0.2, -0.15) is 13.2 Å². The van der Waals surface area contributed by atoms with E-state index < -0.39 is 11.7 Å². The summed E-state index contributed by atoms with van der Waals surface area (Å²) >= 11 is 0. The summed E-state index contributed by atoms with van der Waals surface area (Å²) < 4.78 is 39.5. The summed E-state index contributed by atoms with van der Waals surface area (Å²) in [6.07, 6.45) is -1.94. The predicted molar refractivity (Wildman–Crippen MR) is 106 cm³/mol. The van der Waals surface area contributed by atoms with Crippen LogP contribution in [0.1, 0.15) is 35.1 Å². The molecule has 0 spiro atoms. The first-order chi connectivity index (χ1) is 12.8. The molecule has 27 heavy (non-hydrogen) atoms. The van der Waals surface area contributed by atoms with Gasteiger partial charge in [0, 0.05) is 12.2 Å². The molecular weight excluding hydrogens is 347 g/mol. The van der Waals surface area contributed by atoms with Gasteiger partial charge in [0.25, 0.3) is 0 Å². The zero-order chi connectivity index (χ0) is 19.4. The molecular formula is C23H24F3N. The van der Waals surface area contributed by atoms with Crippen LogP contribution < -0.4 is 5.32 Å². The maximum Gasteiger partial charge on any atom is 0.416 e. The molecule has 0 aliphatic heterocycles. The number of halogens is 3. The lowest BCUT2D eigenvalue weighted by molar-refractivity contribution is -0.137. The Morgan fingerprint density at radius 1 is 0.852 bits per heavy atom. The van der Waals surface area contributed by atoms with Crippen molar-refractivity contribution in [2.24, 2.45) is 0 Å². The highest BCUT2D eigenvalue weighted by Crippen LogP contribution is 2.33. The van der Waals surface area contributed by atoms with Gasteiger partial charge in [0.1, 0.15) is 0 Å². The van der Waals surface area contributed by atoms with Crippen molar-refractivity contribution < 1.29 is 13.2 Å². The maximum atomic E-state index is 13.2. The van der Waals surface area contributed by atoms with Gasteiger partial charge in [-0.15, -0.1) is 0 Å². The SMILES string of the molecule is Cc1ccc(NCCCCc2cc(C(F)(F)F)cc3ccccc23)cc1C. The third kappa shape index (κ3) is 4.82. The Hall–Kier alpha value is -2.49. The molecule has 0 aromatic heterocycles. The van der Waals surface area contributed by atoms with Gasteiger partial charge in [-0.05, 0) is 84.8 Å². The predicted octanol–water partition coefficient (Wildman–Crippen LogP) is 6.91. The van der Waals surface area contributed by atoms with E-state index in [0.717, 1.165) is 36.0 Å². The lowest BCUT2D eigenvalue weighted by Crippen LogP contribution is -2.06. The summed E-state index contributed by atoms with van der Waals surface area (Å²) in [4.78, 5) is 0. The van der Waals surface area contributed by atoms with Gasteiger partial charge in [-0.3, -0.25) is 0 Å². The van der Waals surface area contributed by atoms with Crippen molar-refractivity contribution in [3.8, 4) is 0 Å². The Labute approximate surface area is 158 Å². The summed E-state index contributed by atoms with van der Waals surface area (Å²) in [5.74, 6) is 0. The Balaban J connectivity index is 1.63. The monoisotopic (exact) mass is 371 g/mol. The van der Waals surface area contributed by atoms with E-state index in [4.69, 9.17) is 0 Å². The molecule has 3 aromatic rings. The van der Waals surface area contributed by atoms with Gasteiger partial charge >= 0.3 is 6.18 Å². The summed E-state index contributed by atoms with van der Waals surface area (Å²) in [6.45, 7) is 4.97. The fourth-order valence-corrected chi connectivity index (χ4v) is 3.29. The van der Waals surface area contributed by atoms with Gasteiger partial charge < -0.3 is 5.32 Å². The lowest BCUT2D eigenvalue weighted by Gasteiger charge is -2.13. The molecule has 0 heterocycles. The molecule has 0 aliphatic rings. The van der Waals surface area contributed by atoms with Crippen LogP contribution in [-0.2, 0) is 12.6 Å². The molecule has 0 atom stereocenters. The molecule has 0 bridgehead atoms. The van der Waals surface area contributed by atoms with E-state index in [1.165, 1.54) is 23.3 Å². The second kappa shape index (κ2) is 8.03. The second-order valence-corrected chi connectivity index (χ2v) is 7.04. The fraction of sp³-hybridized carbons (Fsp3) is 0.304. The molecule has 0 amide bonds. The minimum absolute atomic E-state index is 0.565. The van der Waals surface area contributed by atoms with Crippen LogP contribution in [0.25, 0.3) is 10.8 Å². The first-order valence-corrected chi connectivity index (χ1v) is 9.24. The number of hydrogen-bond acceptors (Lipinski definition) is 1. The van der Waals surface area contributed by atoms with Crippen molar-refractivity contribution in [1.29, 1.82) is 0 Å². The molecule has 0 fully saturated rings. The minimum Gasteiger partial charge on any atom is -0.385 e. The largest absolute Gasteiger partial charge is 0.416 e. The molecule has 0 saturated carbocycles. The Bertz CT molecular complexity index is 929. The zero-order valence-electron chi connectivity index (χ0n) is 15.7. The fourth-order valence-electron chi connectivity index (χ4n) is 3.29. The third-order valence-corrected chi connectivity index (χ3v) is 4.98. The molecule has 142 valence electrons. The highest BCUT2D eigenvalue weighted by molar-refractivity contribution is 5.86. The van der Waals surface area contributed by atoms with Crippen molar-refractivity contribution in [2.75, 3.05) is 11.9 Å². The van der Waals surface area contributed by atoms with Gasteiger partial charge in [0.2, 0.25) is 0 Å². The molecule has 4 heteroatoms. The number of anilines is 1. The quantitative estimate of drug-likeness (QED) is 0.464. The van der Waals surface area contributed by atoms with E-state index >= 15 is 0 Å². The van der Waals surface area contributed by atoms with Crippen LogP contribution in [0.5, 0.6) is 0 Å². The number of aryl methyl sites for hydroxylation is 3. The van der Waals surface area contributed by atoms with E-state index in [1.54, 1.807) is 12.1 Å². The summed E-state index contributed by atoms with van der Waals surface area (Å²) in [6, 6.07) is 16.1. The summed E-state index contributed by atoms with van der Waals surface area (Å²) in [7, 11) is 0. The van der Waals surface area contributed by atoms with Crippen LogP contribution in [0.4, 0.5) is 18.9 Å². The highest BCUT2D eigenvalue weighted by atomic mass is 19.4. The van der Waals surface area contributed by atoms with Crippen molar-refractivity contribution in [2.45, 2.75) is 39.3 Å². The summed E-state index contributed by atoms with van der Waals surface area (Å²) in [5, 5.41) is 4.95. The normalized spacial score (nSPS) is 11.7. The number of unbranched alkanes of at least 4 members (excludes halogenated alkanes) is 1. The van der Waals surface area contributed by atoms with Crippen molar-refractivity contribution in [1.82, 2.24) is 0 Å². The maximum absolute atomic E-state index is 13.2. The van der Waals surface area contributed by atoms with E-state index in [1.807, 2.05) is 12.1 Å². The standard InChI is InChI=1S/C23H24F3N/c1-16-10-11-21(13-17(16)2)27-12-6-5-8-19-15-20(23(24,25)26)14-18-7-3-4-9-22(18)19/h3-4,7,9-11,13-15,27H,5-6,8,12H2,1-2H3. The van der Waals surface area contributed by atoms with Crippen LogP contribution in [0, 0.1) is 13.8 Å². The van der Waals surface area contributed by atoms with Crippen molar-refractivity contribution >= 4 is 16.5 Å². The molecule has 1 nitrogen and oxygen atoms in total. The van der Waals surface area contributed by atoms with Gasteiger partial charge in [0.15, 0.2) is 0 Å². The number of alkyl halides is 3. The Morgan fingerprint density at radius 2 is 1.63 bits per heavy atom. The first-order valence-electron chi connectivity index (χ1n) is 9.24. The van der Waals surface area contributed by atoms with Gasteiger partial charge in [0.05, 0.1) is 5.56 Å². The molecule has 0 aliphatic carbocycles. The van der Waals surface area contributed by atoms with Crippen LogP contribution in [-0.4, -0.2) is 6.54 Å². The second-order valence-electron chi connectivity index (χ2n) is 7.04. The van der Waals surface area contributed by atoms with Crippen molar-refractivity contribution in [3.05, 3.63) is 76.9 Å².